The second kappa shape index (κ2) is 6.62. The maximum atomic E-state index is 12.1. The van der Waals surface area contributed by atoms with Crippen LogP contribution in [0.15, 0.2) is 39.5 Å². The molecule has 0 aliphatic heterocycles. The van der Waals surface area contributed by atoms with Crippen LogP contribution in [-0.2, 0) is 11.2 Å². The molecule has 0 saturated heterocycles. The molecular weight excluding hydrogens is 337 g/mol. The number of unbranched alkanes of at least 4 members (excludes halogenated alkanes) is 1. The third-order valence-corrected chi connectivity index (χ3v) is 3.92. The van der Waals surface area contributed by atoms with Crippen molar-refractivity contribution in [3.63, 3.8) is 0 Å². The van der Waals surface area contributed by atoms with Crippen molar-refractivity contribution in [2.75, 3.05) is 6.54 Å². The van der Waals surface area contributed by atoms with E-state index in [1.807, 2.05) is 35.6 Å². The second-order valence-electron chi connectivity index (χ2n) is 5.69. The Bertz CT molecular complexity index is 973. The summed E-state index contributed by atoms with van der Waals surface area (Å²) in [6, 6.07) is 9.39. The van der Waals surface area contributed by atoms with Crippen molar-refractivity contribution in [2.24, 2.45) is 0 Å². The molecule has 0 fully saturated rings. The number of nitrogens with one attached hydrogen (secondary N) is 2. The number of aromatic amines is 1. The van der Waals surface area contributed by atoms with Gasteiger partial charge in [0.1, 0.15) is 0 Å². The number of aromatic nitrogens is 1. The predicted molar refractivity (Wildman–Crippen MR) is 86.3 cm³/mol. The molecule has 8 heteroatoms. The van der Waals surface area contributed by atoms with E-state index in [9.17, 15) is 22.8 Å². The smallest absolute Gasteiger partial charge is 0.407 e. The number of hydrogen-bond donors (Lipinski definition) is 2. The van der Waals surface area contributed by atoms with Crippen LogP contribution in [0.2, 0.25) is 0 Å². The Kier molecular flexibility index (Phi) is 4.52. The van der Waals surface area contributed by atoms with Crippen molar-refractivity contribution in [3.8, 4) is 0 Å². The minimum Gasteiger partial charge on any atom is -0.407 e. The zero-order chi connectivity index (χ0) is 18.0. The van der Waals surface area contributed by atoms with E-state index in [1.54, 1.807) is 0 Å². The highest BCUT2D eigenvalue weighted by Gasteiger charge is 2.38. The molecule has 0 aliphatic rings. The van der Waals surface area contributed by atoms with Gasteiger partial charge in [0.2, 0.25) is 0 Å². The van der Waals surface area contributed by atoms with Crippen LogP contribution >= 0.6 is 0 Å². The van der Waals surface area contributed by atoms with Gasteiger partial charge in [0.25, 0.3) is 0 Å². The van der Waals surface area contributed by atoms with Gasteiger partial charge in [-0.1, -0.05) is 24.3 Å². The highest BCUT2D eigenvalue weighted by Crippen LogP contribution is 2.27. The Morgan fingerprint density at radius 3 is 2.72 bits per heavy atom. The fraction of sp³-hybridized carbons (Fsp3) is 0.294. The fourth-order valence-electron chi connectivity index (χ4n) is 2.77. The minimum atomic E-state index is -4.86. The number of amides is 1. The van der Waals surface area contributed by atoms with Gasteiger partial charge in [-0.3, -0.25) is 9.78 Å². The van der Waals surface area contributed by atoms with E-state index < -0.39 is 17.8 Å². The summed E-state index contributed by atoms with van der Waals surface area (Å²) in [5.41, 5.74) is 1.92. The van der Waals surface area contributed by atoms with E-state index in [0.29, 0.717) is 30.4 Å². The van der Waals surface area contributed by atoms with Crippen molar-refractivity contribution in [1.29, 1.82) is 0 Å². The number of benzene rings is 2. The molecule has 0 spiro atoms. The van der Waals surface area contributed by atoms with Crippen LogP contribution in [0, 0.1) is 0 Å². The maximum absolute atomic E-state index is 12.1. The fourth-order valence-corrected chi connectivity index (χ4v) is 2.77. The van der Waals surface area contributed by atoms with E-state index in [2.05, 4.69) is 4.98 Å². The number of aryl methyl sites for hydroxylation is 1. The second-order valence-corrected chi connectivity index (χ2v) is 5.69. The van der Waals surface area contributed by atoms with Crippen LogP contribution in [0.25, 0.3) is 21.9 Å². The molecule has 25 heavy (non-hydrogen) atoms. The number of carbonyl (C=O) groups is 1. The Morgan fingerprint density at radius 2 is 1.96 bits per heavy atom. The Hall–Kier alpha value is -2.77. The van der Waals surface area contributed by atoms with E-state index in [0.717, 1.165) is 16.3 Å². The van der Waals surface area contributed by atoms with Gasteiger partial charge in [0.15, 0.2) is 5.58 Å². The molecule has 132 valence electrons. The molecule has 5 nitrogen and oxygen atoms in total. The first-order chi connectivity index (χ1) is 11.9. The average molecular weight is 352 g/mol. The van der Waals surface area contributed by atoms with E-state index in [1.165, 1.54) is 0 Å². The lowest BCUT2D eigenvalue weighted by Crippen LogP contribution is -2.37. The van der Waals surface area contributed by atoms with Gasteiger partial charge in [0.05, 0.1) is 5.52 Å². The molecule has 2 aromatic carbocycles. The standard InChI is InChI=1S/C17H15F3N2O3/c18-17(19,20)15(23)21-8-4-3-6-11-9-10-5-1-2-7-12(10)14-13(11)22-16(24)25-14/h1-2,5,7,9H,3-4,6,8H2,(H,21,23)(H,22,24). The largest absolute Gasteiger partial charge is 0.471 e. The molecule has 3 aromatic rings. The number of fused-ring (bicyclic) bond motifs is 3. The molecule has 0 unspecified atom stereocenters. The molecule has 0 aliphatic carbocycles. The zero-order valence-electron chi connectivity index (χ0n) is 13.1. The van der Waals surface area contributed by atoms with Crippen molar-refractivity contribution in [3.05, 3.63) is 46.4 Å². The van der Waals surface area contributed by atoms with Crippen molar-refractivity contribution >= 4 is 27.8 Å². The van der Waals surface area contributed by atoms with E-state index in [-0.39, 0.29) is 6.54 Å². The maximum Gasteiger partial charge on any atom is 0.471 e. The highest BCUT2D eigenvalue weighted by atomic mass is 19.4. The Labute approximate surface area is 139 Å². The number of hydrogen-bond acceptors (Lipinski definition) is 3. The van der Waals surface area contributed by atoms with Crippen molar-refractivity contribution in [1.82, 2.24) is 10.3 Å². The zero-order valence-corrected chi connectivity index (χ0v) is 13.1. The van der Waals surface area contributed by atoms with Crippen LogP contribution in [0.4, 0.5) is 13.2 Å². The van der Waals surface area contributed by atoms with Gasteiger partial charge in [-0.25, -0.2) is 4.79 Å². The van der Waals surface area contributed by atoms with Crippen LogP contribution in [0.5, 0.6) is 0 Å². The molecule has 0 atom stereocenters. The van der Waals surface area contributed by atoms with Crippen molar-refractivity contribution in [2.45, 2.75) is 25.4 Å². The summed E-state index contributed by atoms with van der Waals surface area (Å²) in [5.74, 6) is -2.48. The summed E-state index contributed by atoms with van der Waals surface area (Å²) < 4.78 is 41.5. The summed E-state index contributed by atoms with van der Waals surface area (Å²) >= 11 is 0. The molecule has 0 saturated carbocycles. The molecular formula is C17H15F3N2O3. The summed E-state index contributed by atoms with van der Waals surface area (Å²) in [7, 11) is 0. The van der Waals surface area contributed by atoms with Crippen LogP contribution in [0.1, 0.15) is 18.4 Å². The Balaban J connectivity index is 1.71. The van der Waals surface area contributed by atoms with Gasteiger partial charge < -0.3 is 9.73 Å². The minimum absolute atomic E-state index is 0.0586. The first-order valence-corrected chi connectivity index (χ1v) is 7.75. The number of rotatable bonds is 5. The summed E-state index contributed by atoms with van der Waals surface area (Å²) in [6.45, 7) is -0.0586. The quantitative estimate of drug-likeness (QED) is 0.692. The predicted octanol–water partition coefficient (Wildman–Crippen LogP) is 3.28. The Morgan fingerprint density at radius 1 is 1.20 bits per heavy atom. The number of oxazole rings is 1. The lowest BCUT2D eigenvalue weighted by Gasteiger charge is -2.08. The lowest BCUT2D eigenvalue weighted by atomic mass is 10.0. The van der Waals surface area contributed by atoms with E-state index in [4.69, 9.17) is 4.42 Å². The summed E-state index contributed by atoms with van der Waals surface area (Å²) in [4.78, 5) is 24.9. The highest BCUT2D eigenvalue weighted by molar-refractivity contribution is 6.04. The van der Waals surface area contributed by atoms with Gasteiger partial charge >= 0.3 is 17.8 Å². The molecule has 0 radical (unpaired) electrons. The van der Waals surface area contributed by atoms with Crippen LogP contribution in [-0.4, -0.2) is 23.6 Å². The number of alkyl halides is 3. The molecule has 0 bridgehead atoms. The molecule has 1 aromatic heterocycles. The van der Waals surface area contributed by atoms with Crippen molar-refractivity contribution < 1.29 is 22.4 Å². The number of H-pyrrole nitrogens is 1. The molecule has 1 heterocycles. The van der Waals surface area contributed by atoms with Gasteiger partial charge in [-0.15, -0.1) is 0 Å². The third kappa shape index (κ3) is 3.67. The summed E-state index contributed by atoms with van der Waals surface area (Å²) in [5, 5.41) is 3.57. The summed E-state index contributed by atoms with van der Waals surface area (Å²) in [6.07, 6.45) is -3.38. The normalized spacial score (nSPS) is 12.0. The first-order valence-electron chi connectivity index (χ1n) is 7.75. The lowest BCUT2D eigenvalue weighted by molar-refractivity contribution is -0.173. The molecule has 2 N–H and O–H groups in total. The van der Waals surface area contributed by atoms with Crippen LogP contribution in [0.3, 0.4) is 0 Å². The van der Waals surface area contributed by atoms with Gasteiger partial charge in [-0.2, -0.15) is 13.2 Å². The number of carbonyl (C=O) groups excluding carboxylic acids is 1. The van der Waals surface area contributed by atoms with Gasteiger partial charge in [0, 0.05) is 11.9 Å². The third-order valence-electron chi connectivity index (χ3n) is 3.92. The average Bonchev–Trinajstić information content (AvgIpc) is 2.95. The first kappa shape index (κ1) is 17.1. The topological polar surface area (TPSA) is 75.1 Å². The van der Waals surface area contributed by atoms with Gasteiger partial charge in [-0.05, 0) is 36.3 Å². The molecule has 1 amide bonds. The van der Waals surface area contributed by atoms with Crippen LogP contribution < -0.4 is 11.1 Å². The number of halogens is 3. The monoisotopic (exact) mass is 352 g/mol. The van der Waals surface area contributed by atoms with E-state index >= 15 is 0 Å². The SMILES string of the molecule is O=C(NCCCCc1cc2ccccc2c2oc(=O)[nH]c12)C(F)(F)F. The molecule has 3 rings (SSSR count).